The van der Waals surface area contributed by atoms with Gasteiger partial charge in [-0.05, 0) is 25.0 Å². The molecule has 1 amide bonds. The number of guanidine groups is 1. The average molecular weight is 346 g/mol. The molecule has 1 aliphatic heterocycles. The maximum Gasteiger partial charge on any atom is 0.305 e. The van der Waals surface area contributed by atoms with Crippen LogP contribution in [0.1, 0.15) is 37.7 Å². The van der Waals surface area contributed by atoms with E-state index in [-0.39, 0.29) is 17.8 Å². The maximum absolute atomic E-state index is 11.8. The zero-order valence-corrected chi connectivity index (χ0v) is 14.8. The summed E-state index contributed by atoms with van der Waals surface area (Å²) in [4.78, 5) is 27.3. The fourth-order valence-corrected chi connectivity index (χ4v) is 2.80. The number of ether oxygens (including phenoxy) is 1. The normalized spacial score (nSPS) is 16.6. The molecule has 7 nitrogen and oxygen atoms in total. The minimum Gasteiger partial charge on any atom is -0.466 e. The molecule has 136 valence electrons. The monoisotopic (exact) mass is 346 g/mol. The Morgan fingerprint density at radius 2 is 2.16 bits per heavy atom. The van der Waals surface area contributed by atoms with Gasteiger partial charge >= 0.3 is 5.97 Å². The minimum absolute atomic E-state index is 0.0304. The van der Waals surface area contributed by atoms with Crippen LogP contribution in [0.4, 0.5) is 5.69 Å². The van der Waals surface area contributed by atoms with Crippen LogP contribution >= 0.6 is 0 Å². The molecule has 0 spiro atoms. The van der Waals surface area contributed by atoms with Crippen molar-refractivity contribution in [1.82, 2.24) is 10.6 Å². The van der Waals surface area contributed by atoms with Crippen LogP contribution in [-0.2, 0) is 14.3 Å². The molecular weight excluding hydrogens is 320 g/mol. The number of rotatable bonds is 7. The Morgan fingerprint density at radius 3 is 2.92 bits per heavy atom. The van der Waals surface area contributed by atoms with Gasteiger partial charge in [-0.1, -0.05) is 18.2 Å². The van der Waals surface area contributed by atoms with E-state index in [0.717, 1.165) is 11.3 Å². The molecule has 1 heterocycles. The van der Waals surface area contributed by atoms with E-state index in [1.807, 2.05) is 24.3 Å². The second kappa shape index (κ2) is 9.66. The largest absolute Gasteiger partial charge is 0.466 e. The molecule has 1 aliphatic rings. The van der Waals surface area contributed by atoms with Crippen molar-refractivity contribution in [2.75, 3.05) is 32.1 Å². The van der Waals surface area contributed by atoms with Crippen LogP contribution in [0.3, 0.4) is 0 Å². The number of carbonyl (C=O) groups excluding carboxylic acids is 2. The van der Waals surface area contributed by atoms with Gasteiger partial charge in [0.2, 0.25) is 5.91 Å². The quantitative estimate of drug-likeness (QED) is 0.302. The Morgan fingerprint density at radius 1 is 1.36 bits per heavy atom. The van der Waals surface area contributed by atoms with Crippen molar-refractivity contribution in [3.63, 3.8) is 0 Å². The van der Waals surface area contributed by atoms with Crippen molar-refractivity contribution in [2.45, 2.75) is 32.1 Å². The first-order chi connectivity index (χ1) is 12.1. The number of carbonyl (C=O) groups is 2. The molecule has 25 heavy (non-hydrogen) atoms. The SMILES string of the molecule is CCOC(=O)CCCNC(=NC)NCC1CC(=O)Nc2ccccc21. The van der Waals surface area contributed by atoms with Gasteiger partial charge in [-0.3, -0.25) is 14.6 Å². The number of esters is 1. The molecule has 0 aromatic heterocycles. The van der Waals surface area contributed by atoms with Gasteiger partial charge in [-0.15, -0.1) is 0 Å². The van der Waals surface area contributed by atoms with Crippen LogP contribution in [0.15, 0.2) is 29.3 Å². The number of para-hydroxylation sites is 1. The lowest BCUT2D eigenvalue weighted by Gasteiger charge is -2.26. The standard InChI is InChI=1S/C18H26N4O3/c1-3-25-17(24)9-6-10-20-18(19-2)21-12-13-11-16(23)22-15-8-5-4-7-14(13)15/h4-5,7-8,13H,3,6,9-12H2,1-2H3,(H,22,23)(H2,19,20,21). The Labute approximate surface area is 148 Å². The Balaban J connectivity index is 1.79. The fourth-order valence-electron chi connectivity index (χ4n) is 2.80. The predicted octanol–water partition coefficient (Wildman–Crippen LogP) is 1.62. The summed E-state index contributed by atoms with van der Waals surface area (Å²) in [5.74, 6) is 0.607. The van der Waals surface area contributed by atoms with Crippen molar-refractivity contribution in [3.8, 4) is 0 Å². The van der Waals surface area contributed by atoms with Gasteiger partial charge in [0.05, 0.1) is 6.61 Å². The van der Waals surface area contributed by atoms with Crippen LogP contribution in [-0.4, -0.2) is 44.6 Å². The first-order valence-electron chi connectivity index (χ1n) is 8.63. The van der Waals surface area contributed by atoms with Crippen molar-refractivity contribution < 1.29 is 14.3 Å². The van der Waals surface area contributed by atoms with Gasteiger partial charge in [0.1, 0.15) is 0 Å². The highest BCUT2D eigenvalue weighted by Gasteiger charge is 2.24. The molecule has 2 rings (SSSR count). The number of aliphatic imine (C=N–C) groups is 1. The number of amides is 1. The Bertz CT molecular complexity index is 631. The summed E-state index contributed by atoms with van der Waals surface area (Å²) >= 11 is 0. The van der Waals surface area contributed by atoms with Gasteiger partial charge in [0.25, 0.3) is 0 Å². The lowest BCUT2D eigenvalue weighted by atomic mass is 9.90. The van der Waals surface area contributed by atoms with E-state index >= 15 is 0 Å². The first-order valence-corrected chi connectivity index (χ1v) is 8.63. The number of hydrogen-bond donors (Lipinski definition) is 3. The van der Waals surface area contributed by atoms with Gasteiger partial charge in [0.15, 0.2) is 5.96 Å². The van der Waals surface area contributed by atoms with Crippen LogP contribution < -0.4 is 16.0 Å². The molecule has 1 aromatic rings. The van der Waals surface area contributed by atoms with E-state index in [4.69, 9.17) is 4.74 Å². The van der Waals surface area contributed by atoms with E-state index < -0.39 is 0 Å². The zero-order chi connectivity index (χ0) is 18.1. The van der Waals surface area contributed by atoms with E-state index in [0.29, 0.717) is 44.9 Å². The summed E-state index contributed by atoms with van der Waals surface area (Å²) in [5, 5.41) is 9.33. The summed E-state index contributed by atoms with van der Waals surface area (Å²) in [6.07, 6.45) is 1.51. The number of fused-ring (bicyclic) bond motifs is 1. The second-order valence-electron chi connectivity index (χ2n) is 5.82. The number of anilines is 1. The number of benzene rings is 1. The Kier molecular flexibility index (Phi) is 7.25. The molecule has 1 aromatic carbocycles. The van der Waals surface area contributed by atoms with Crippen LogP contribution in [0.5, 0.6) is 0 Å². The van der Waals surface area contributed by atoms with Gasteiger partial charge in [0, 0.05) is 44.6 Å². The molecule has 0 saturated heterocycles. The topological polar surface area (TPSA) is 91.8 Å². The highest BCUT2D eigenvalue weighted by atomic mass is 16.5. The highest BCUT2D eigenvalue weighted by molar-refractivity contribution is 5.94. The smallest absolute Gasteiger partial charge is 0.305 e. The number of nitrogens with zero attached hydrogens (tertiary/aromatic N) is 1. The van der Waals surface area contributed by atoms with Crippen molar-refractivity contribution in [3.05, 3.63) is 29.8 Å². The van der Waals surface area contributed by atoms with E-state index in [2.05, 4.69) is 20.9 Å². The molecular formula is C18H26N4O3. The van der Waals surface area contributed by atoms with E-state index in [1.54, 1.807) is 14.0 Å². The summed E-state index contributed by atoms with van der Waals surface area (Å²) in [6, 6.07) is 7.85. The lowest BCUT2D eigenvalue weighted by Crippen LogP contribution is -2.41. The molecule has 7 heteroatoms. The summed E-state index contributed by atoms with van der Waals surface area (Å²) in [7, 11) is 1.70. The van der Waals surface area contributed by atoms with E-state index in [9.17, 15) is 9.59 Å². The molecule has 0 aliphatic carbocycles. The summed E-state index contributed by atoms with van der Waals surface area (Å²) < 4.78 is 4.90. The predicted molar refractivity (Wildman–Crippen MR) is 97.7 cm³/mol. The van der Waals surface area contributed by atoms with Crippen LogP contribution in [0, 0.1) is 0 Å². The number of hydrogen-bond acceptors (Lipinski definition) is 4. The molecule has 1 atom stereocenters. The third-order valence-corrected chi connectivity index (χ3v) is 4.00. The fraction of sp³-hybridized carbons (Fsp3) is 0.500. The lowest BCUT2D eigenvalue weighted by molar-refractivity contribution is -0.143. The molecule has 0 saturated carbocycles. The highest BCUT2D eigenvalue weighted by Crippen LogP contribution is 2.31. The van der Waals surface area contributed by atoms with Crippen LogP contribution in [0.25, 0.3) is 0 Å². The molecule has 3 N–H and O–H groups in total. The second-order valence-corrected chi connectivity index (χ2v) is 5.82. The third kappa shape index (κ3) is 5.77. The van der Waals surface area contributed by atoms with Gasteiger partial charge in [-0.2, -0.15) is 0 Å². The van der Waals surface area contributed by atoms with E-state index in [1.165, 1.54) is 0 Å². The third-order valence-electron chi connectivity index (χ3n) is 4.00. The van der Waals surface area contributed by atoms with Gasteiger partial charge < -0.3 is 20.7 Å². The minimum atomic E-state index is -0.183. The average Bonchev–Trinajstić information content (AvgIpc) is 2.61. The van der Waals surface area contributed by atoms with Gasteiger partial charge in [-0.25, -0.2) is 0 Å². The van der Waals surface area contributed by atoms with Crippen LogP contribution in [0.2, 0.25) is 0 Å². The number of nitrogens with one attached hydrogen (secondary N) is 3. The molecule has 0 fully saturated rings. The van der Waals surface area contributed by atoms with Crippen molar-refractivity contribution in [2.24, 2.45) is 4.99 Å². The summed E-state index contributed by atoms with van der Waals surface area (Å²) in [6.45, 7) is 3.44. The maximum atomic E-state index is 11.8. The summed E-state index contributed by atoms with van der Waals surface area (Å²) in [5.41, 5.74) is 2.01. The zero-order valence-electron chi connectivity index (χ0n) is 14.8. The first kappa shape index (κ1) is 18.8. The molecule has 1 unspecified atom stereocenters. The Hall–Kier alpha value is -2.57. The molecule has 0 bridgehead atoms. The molecule has 0 radical (unpaired) electrons. The van der Waals surface area contributed by atoms with Crippen molar-refractivity contribution >= 4 is 23.5 Å². The van der Waals surface area contributed by atoms with Crippen molar-refractivity contribution in [1.29, 1.82) is 0 Å².